The maximum absolute atomic E-state index is 12.3. The first-order valence-electron chi connectivity index (χ1n) is 6.67. The van der Waals surface area contributed by atoms with Gasteiger partial charge in [-0.1, -0.05) is 11.3 Å². The molecule has 1 aliphatic heterocycles. The van der Waals surface area contributed by atoms with E-state index in [1.54, 1.807) is 0 Å². The Kier molecular flexibility index (Phi) is 4.02. The molecule has 1 fully saturated rings. The van der Waals surface area contributed by atoms with E-state index >= 15 is 0 Å². The number of fused-ring (bicyclic) bond motifs is 1. The molecule has 10 nitrogen and oxygen atoms in total. The summed E-state index contributed by atoms with van der Waals surface area (Å²) in [5.41, 5.74) is 5.76. The van der Waals surface area contributed by atoms with Crippen molar-refractivity contribution in [2.75, 3.05) is 12.3 Å². The number of carbonyl (C=O) groups is 1. The number of esters is 1. The van der Waals surface area contributed by atoms with Crippen LogP contribution in [0.2, 0.25) is 0 Å². The largest absolute Gasteiger partial charge is 0.455 e. The van der Waals surface area contributed by atoms with E-state index in [9.17, 15) is 19.8 Å². The molecule has 0 unspecified atom stereocenters. The van der Waals surface area contributed by atoms with Crippen LogP contribution in [0, 0.1) is 0 Å². The van der Waals surface area contributed by atoms with Crippen LogP contribution in [0.15, 0.2) is 11.0 Å². The molecule has 3 heterocycles. The smallest absolute Gasteiger partial charge is 0.311 e. The number of hydrogen-bond acceptors (Lipinski definition) is 10. The zero-order chi connectivity index (χ0) is 16.7. The lowest BCUT2D eigenvalue weighted by atomic mass is 10.1. The van der Waals surface area contributed by atoms with Crippen LogP contribution in [0.1, 0.15) is 13.2 Å². The zero-order valence-corrected chi connectivity index (χ0v) is 12.8. The van der Waals surface area contributed by atoms with Gasteiger partial charge in [0.2, 0.25) is 5.95 Å². The number of aliphatic hydroxyl groups excluding tert-OH is 2. The summed E-state index contributed by atoms with van der Waals surface area (Å²) in [4.78, 5) is 30.9. The van der Waals surface area contributed by atoms with Crippen molar-refractivity contribution < 1.29 is 24.5 Å². The highest BCUT2D eigenvalue weighted by atomic mass is 32.1. The van der Waals surface area contributed by atoms with E-state index in [-0.39, 0.29) is 11.6 Å². The van der Waals surface area contributed by atoms with Crippen LogP contribution in [0.5, 0.6) is 0 Å². The second-order valence-corrected chi connectivity index (χ2v) is 5.96. The number of ether oxygens (including phenoxy) is 2. The predicted octanol–water partition coefficient (Wildman–Crippen LogP) is -1.38. The van der Waals surface area contributed by atoms with Crippen molar-refractivity contribution in [1.82, 2.24) is 14.5 Å². The number of carbonyl (C=O) groups excluding carboxylic acids is 1. The van der Waals surface area contributed by atoms with E-state index in [0.29, 0.717) is 4.70 Å². The average Bonchev–Trinajstić information content (AvgIpc) is 2.96. The van der Waals surface area contributed by atoms with Crippen LogP contribution in [-0.4, -0.2) is 55.6 Å². The standard InChI is InChI=1S/C12H14N4O6S/c1-4(18)21-8-7(19)5(3-17)22-10(8)16-9-6(23-12(16)20)2-14-11(13)15-9/h2,5,7-8,10,17,19H,3H2,1H3,(H2,13,14,15)/t5-,7-,8-,10-/m1/s1. The summed E-state index contributed by atoms with van der Waals surface area (Å²) in [7, 11) is 0. The molecule has 0 saturated carbocycles. The number of nitrogens with two attached hydrogens (primary N) is 1. The van der Waals surface area contributed by atoms with E-state index in [4.69, 9.17) is 15.2 Å². The number of aliphatic hydroxyl groups is 2. The van der Waals surface area contributed by atoms with Gasteiger partial charge >= 0.3 is 10.8 Å². The maximum atomic E-state index is 12.3. The van der Waals surface area contributed by atoms with Gasteiger partial charge < -0.3 is 25.4 Å². The first-order valence-corrected chi connectivity index (χ1v) is 7.49. The molecule has 0 radical (unpaired) electrons. The third-order valence-corrected chi connectivity index (χ3v) is 4.31. The van der Waals surface area contributed by atoms with Gasteiger partial charge in [-0.25, -0.2) is 4.98 Å². The molecule has 11 heteroatoms. The number of thiazole rings is 1. The van der Waals surface area contributed by atoms with Gasteiger partial charge in [-0.2, -0.15) is 4.98 Å². The number of anilines is 1. The zero-order valence-electron chi connectivity index (χ0n) is 11.9. The van der Waals surface area contributed by atoms with Crippen LogP contribution in [0.4, 0.5) is 5.95 Å². The Hall–Kier alpha value is -2.08. The first kappa shape index (κ1) is 15.8. The minimum atomic E-state index is -1.28. The van der Waals surface area contributed by atoms with E-state index < -0.39 is 42.0 Å². The maximum Gasteiger partial charge on any atom is 0.311 e. The van der Waals surface area contributed by atoms with Crippen molar-refractivity contribution in [3.63, 3.8) is 0 Å². The Labute approximate surface area is 133 Å². The first-order chi connectivity index (χ1) is 10.9. The number of nitrogens with zero attached hydrogens (tertiary/aromatic N) is 3. The molecule has 4 atom stereocenters. The van der Waals surface area contributed by atoms with Crippen molar-refractivity contribution >= 4 is 33.6 Å². The summed E-state index contributed by atoms with van der Waals surface area (Å²) in [6, 6.07) is 0. The highest BCUT2D eigenvalue weighted by Crippen LogP contribution is 2.33. The summed E-state index contributed by atoms with van der Waals surface area (Å²) in [6.07, 6.45) is -3.16. The molecular weight excluding hydrogens is 328 g/mol. The molecule has 0 amide bonds. The van der Waals surface area contributed by atoms with Gasteiger partial charge in [0.15, 0.2) is 18.0 Å². The molecule has 0 spiro atoms. The van der Waals surface area contributed by atoms with Crippen LogP contribution in [-0.2, 0) is 14.3 Å². The molecule has 2 aromatic heterocycles. The molecule has 0 aromatic carbocycles. The molecule has 2 aromatic rings. The lowest BCUT2D eigenvalue weighted by molar-refractivity contribution is -0.155. The van der Waals surface area contributed by atoms with Crippen molar-refractivity contribution in [2.45, 2.75) is 31.5 Å². The minimum absolute atomic E-state index is 0.0367. The van der Waals surface area contributed by atoms with Gasteiger partial charge in [0.1, 0.15) is 12.2 Å². The molecule has 4 N–H and O–H groups in total. The Morgan fingerprint density at radius 3 is 3.00 bits per heavy atom. The summed E-state index contributed by atoms with van der Waals surface area (Å²) in [5.74, 6) is -0.687. The van der Waals surface area contributed by atoms with Crippen molar-refractivity contribution in [3.05, 3.63) is 15.9 Å². The molecule has 23 heavy (non-hydrogen) atoms. The Morgan fingerprint density at radius 1 is 1.61 bits per heavy atom. The fourth-order valence-electron chi connectivity index (χ4n) is 2.47. The van der Waals surface area contributed by atoms with Gasteiger partial charge in [-0.05, 0) is 0 Å². The third-order valence-electron chi connectivity index (χ3n) is 3.43. The molecule has 1 saturated heterocycles. The normalized spacial score (nSPS) is 27.4. The lowest BCUT2D eigenvalue weighted by Crippen LogP contribution is -2.37. The van der Waals surface area contributed by atoms with E-state index in [1.807, 2.05) is 0 Å². The van der Waals surface area contributed by atoms with Crippen molar-refractivity contribution in [2.24, 2.45) is 0 Å². The van der Waals surface area contributed by atoms with Crippen LogP contribution < -0.4 is 10.6 Å². The highest BCUT2D eigenvalue weighted by Gasteiger charge is 2.47. The van der Waals surface area contributed by atoms with Gasteiger partial charge in [0, 0.05) is 6.92 Å². The fraction of sp³-hybridized carbons (Fsp3) is 0.500. The van der Waals surface area contributed by atoms with Gasteiger partial charge in [-0.15, -0.1) is 0 Å². The summed E-state index contributed by atoms with van der Waals surface area (Å²) >= 11 is 0.868. The molecule has 1 aliphatic rings. The van der Waals surface area contributed by atoms with Gasteiger partial charge in [-0.3, -0.25) is 14.2 Å². The predicted molar refractivity (Wildman–Crippen MR) is 78.6 cm³/mol. The topological polar surface area (TPSA) is 150 Å². The molecule has 3 rings (SSSR count). The molecule has 0 aliphatic carbocycles. The average molecular weight is 342 g/mol. The number of rotatable bonds is 3. The SMILES string of the molecule is CC(=O)O[C@@H]1[C@H](O)[C@@H](CO)O[C@H]1n1c(=O)sc2cnc(N)nc21. The second-order valence-electron chi connectivity index (χ2n) is 4.97. The quantitative estimate of drug-likeness (QED) is 0.573. The monoisotopic (exact) mass is 342 g/mol. The van der Waals surface area contributed by atoms with Gasteiger partial charge in [0.05, 0.1) is 17.5 Å². The Bertz CT molecular complexity index is 804. The van der Waals surface area contributed by atoms with Crippen molar-refractivity contribution in [1.29, 1.82) is 0 Å². The second kappa shape index (κ2) is 5.85. The number of aromatic nitrogens is 3. The number of nitrogen functional groups attached to an aromatic ring is 1. The van der Waals surface area contributed by atoms with Crippen LogP contribution in [0.3, 0.4) is 0 Å². The molecule has 124 valence electrons. The molecular formula is C12H14N4O6S. The summed E-state index contributed by atoms with van der Waals surface area (Å²) < 4.78 is 12.2. The lowest BCUT2D eigenvalue weighted by Gasteiger charge is -2.20. The molecule has 0 bridgehead atoms. The van der Waals surface area contributed by atoms with E-state index in [1.165, 1.54) is 13.1 Å². The van der Waals surface area contributed by atoms with Crippen LogP contribution >= 0.6 is 11.3 Å². The van der Waals surface area contributed by atoms with Gasteiger partial charge in [0.25, 0.3) is 0 Å². The Morgan fingerprint density at radius 2 is 2.35 bits per heavy atom. The highest BCUT2D eigenvalue weighted by molar-refractivity contribution is 7.16. The summed E-state index contributed by atoms with van der Waals surface area (Å²) in [6.45, 7) is 0.675. The van der Waals surface area contributed by atoms with E-state index in [2.05, 4.69) is 9.97 Å². The fourth-order valence-corrected chi connectivity index (χ4v) is 3.29. The number of hydrogen-bond donors (Lipinski definition) is 3. The van der Waals surface area contributed by atoms with Crippen LogP contribution in [0.25, 0.3) is 10.3 Å². The Balaban J connectivity index is 2.11. The summed E-state index contributed by atoms with van der Waals surface area (Å²) in [5, 5.41) is 19.4. The van der Waals surface area contributed by atoms with E-state index in [0.717, 1.165) is 15.9 Å². The third kappa shape index (κ3) is 2.67. The minimum Gasteiger partial charge on any atom is -0.455 e. The van der Waals surface area contributed by atoms with Crippen molar-refractivity contribution in [3.8, 4) is 0 Å².